The summed E-state index contributed by atoms with van der Waals surface area (Å²) in [6, 6.07) is 0. The fraction of sp³-hybridized carbons (Fsp3) is 0.795. The van der Waals surface area contributed by atoms with Crippen LogP contribution in [-0.2, 0) is 0 Å². The van der Waals surface area contributed by atoms with Crippen molar-refractivity contribution in [1.82, 2.24) is 0 Å². The van der Waals surface area contributed by atoms with Gasteiger partial charge in [-0.1, -0.05) is 152 Å². The molecule has 0 amide bonds. The van der Waals surface area contributed by atoms with E-state index in [1.165, 1.54) is 128 Å². The van der Waals surface area contributed by atoms with Gasteiger partial charge in [0.2, 0.25) is 0 Å². The summed E-state index contributed by atoms with van der Waals surface area (Å²) in [5.74, 6) is 0. The summed E-state index contributed by atoms with van der Waals surface area (Å²) in [6.45, 7) is 4.77. The van der Waals surface area contributed by atoms with Gasteiger partial charge >= 0.3 is 0 Å². The summed E-state index contributed by atoms with van der Waals surface area (Å²) >= 11 is 0. The van der Waals surface area contributed by atoms with Crippen molar-refractivity contribution in [3.05, 3.63) is 48.6 Å². The van der Waals surface area contributed by atoms with Gasteiger partial charge in [-0.2, -0.15) is 0 Å². The molecule has 0 radical (unpaired) electrons. The van der Waals surface area contributed by atoms with E-state index in [-0.39, 0.29) is 18.6 Å². The molecule has 0 unspecified atom stereocenters. The molecule has 0 saturated carbocycles. The molecule has 0 aliphatic heterocycles. The lowest BCUT2D eigenvalue weighted by Gasteiger charge is -2.30. The average molecular weight is 573 g/mol. The van der Waals surface area contributed by atoms with Gasteiger partial charge in [-0.3, -0.25) is 0 Å². The summed E-state index contributed by atoms with van der Waals surface area (Å²) in [7, 11) is 0. The second kappa shape index (κ2) is 33.4. The van der Waals surface area contributed by atoms with Crippen LogP contribution in [0.15, 0.2) is 48.6 Å². The van der Waals surface area contributed by atoms with Crippen LogP contribution in [0.4, 0.5) is 0 Å². The summed E-state index contributed by atoms with van der Waals surface area (Å²) in [5, 5.41) is 20.1. The molecule has 0 aliphatic rings. The number of allylic oxidation sites excluding steroid dienone is 8. The zero-order valence-corrected chi connectivity index (χ0v) is 27.8. The van der Waals surface area contributed by atoms with Crippen molar-refractivity contribution in [3.63, 3.8) is 0 Å². The van der Waals surface area contributed by atoms with Crippen molar-refractivity contribution >= 4 is 0 Å². The molecule has 2 nitrogen and oxygen atoms in total. The Kier molecular flexibility index (Phi) is 32.5. The molecular formula is C39H72O2. The lowest BCUT2D eigenvalue weighted by molar-refractivity contribution is 0.0353. The Hall–Kier alpha value is -1.12. The minimum absolute atomic E-state index is 0.129. The van der Waals surface area contributed by atoms with E-state index in [1.807, 2.05) is 0 Å². The monoisotopic (exact) mass is 573 g/mol. The number of hydrogen-bond acceptors (Lipinski definition) is 2. The summed E-state index contributed by atoms with van der Waals surface area (Å²) in [5.41, 5.74) is -0.259. The van der Waals surface area contributed by atoms with E-state index in [0.717, 1.165) is 38.5 Å². The minimum Gasteiger partial charge on any atom is -0.396 e. The van der Waals surface area contributed by atoms with E-state index in [9.17, 15) is 10.2 Å². The highest BCUT2D eigenvalue weighted by atomic mass is 16.3. The largest absolute Gasteiger partial charge is 0.396 e. The van der Waals surface area contributed by atoms with E-state index in [4.69, 9.17) is 0 Å². The predicted octanol–water partition coefficient (Wildman–Crippen LogP) is 12.4. The molecule has 0 aromatic heterocycles. The third-order valence-electron chi connectivity index (χ3n) is 8.49. The van der Waals surface area contributed by atoms with Crippen molar-refractivity contribution in [3.8, 4) is 0 Å². The molecule has 0 saturated heterocycles. The Morgan fingerprint density at radius 3 is 0.976 bits per heavy atom. The molecule has 0 atom stereocenters. The second-order valence-corrected chi connectivity index (χ2v) is 12.5. The van der Waals surface area contributed by atoms with Crippen LogP contribution in [0.3, 0.4) is 0 Å². The van der Waals surface area contributed by atoms with Crippen LogP contribution in [0.2, 0.25) is 0 Å². The maximum absolute atomic E-state index is 10.0. The molecule has 41 heavy (non-hydrogen) atoms. The highest BCUT2D eigenvalue weighted by Crippen LogP contribution is 2.31. The van der Waals surface area contributed by atoms with Crippen LogP contribution in [0.25, 0.3) is 0 Å². The van der Waals surface area contributed by atoms with Gasteiger partial charge in [0, 0.05) is 5.41 Å². The van der Waals surface area contributed by atoms with Crippen LogP contribution >= 0.6 is 0 Å². The van der Waals surface area contributed by atoms with Crippen LogP contribution < -0.4 is 0 Å². The normalized spacial score (nSPS) is 12.8. The number of aliphatic hydroxyl groups is 2. The van der Waals surface area contributed by atoms with Gasteiger partial charge in [0.1, 0.15) is 0 Å². The minimum atomic E-state index is -0.259. The number of unbranched alkanes of at least 4 members (excludes halogenated alkanes) is 18. The Morgan fingerprint density at radius 1 is 0.366 bits per heavy atom. The first-order chi connectivity index (χ1) is 20.2. The van der Waals surface area contributed by atoms with Gasteiger partial charge in [0.25, 0.3) is 0 Å². The first kappa shape index (κ1) is 39.9. The van der Waals surface area contributed by atoms with Crippen molar-refractivity contribution in [2.24, 2.45) is 5.41 Å². The SMILES string of the molecule is CCCCCC=CCC=CCCCCCCCCC(CO)(CO)CCCCCCCCC=CCC=CCCCCC. The van der Waals surface area contributed by atoms with Gasteiger partial charge in [-0.15, -0.1) is 0 Å². The quantitative estimate of drug-likeness (QED) is 0.0621. The molecule has 0 fully saturated rings. The molecule has 0 bridgehead atoms. The summed E-state index contributed by atoms with van der Waals surface area (Å²) < 4.78 is 0. The van der Waals surface area contributed by atoms with Crippen LogP contribution in [0.1, 0.15) is 181 Å². The smallest absolute Gasteiger partial charge is 0.0509 e. The number of rotatable bonds is 32. The van der Waals surface area contributed by atoms with Crippen LogP contribution in [0, 0.1) is 5.41 Å². The molecule has 0 heterocycles. The molecule has 240 valence electrons. The Labute approximate surface area is 257 Å². The first-order valence-electron chi connectivity index (χ1n) is 18.1. The molecule has 0 spiro atoms. The lowest BCUT2D eigenvalue weighted by atomic mass is 9.79. The Bertz CT molecular complexity index is 561. The molecule has 0 aromatic carbocycles. The highest BCUT2D eigenvalue weighted by Gasteiger charge is 2.27. The fourth-order valence-corrected chi connectivity index (χ4v) is 5.47. The van der Waals surface area contributed by atoms with E-state index < -0.39 is 0 Å². The number of hydrogen-bond donors (Lipinski definition) is 2. The first-order valence-corrected chi connectivity index (χ1v) is 18.1. The van der Waals surface area contributed by atoms with E-state index >= 15 is 0 Å². The number of aliphatic hydroxyl groups excluding tert-OH is 2. The van der Waals surface area contributed by atoms with E-state index in [1.54, 1.807) is 0 Å². The zero-order chi connectivity index (χ0) is 30.0. The van der Waals surface area contributed by atoms with Crippen molar-refractivity contribution in [2.75, 3.05) is 13.2 Å². The van der Waals surface area contributed by atoms with Gasteiger partial charge in [0.15, 0.2) is 0 Å². The van der Waals surface area contributed by atoms with Crippen molar-refractivity contribution in [1.29, 1.82) is 0 Å². The third kappa shape index (κ3) is 28.8. The summed E-state index contributed by atoms with van der Waals surface area (Å²) in [4.78, 5) is 0. The van der Waals surface area contributed by atoms with E-state index in [0.29, 0.717) is 0 Å². The highest BCUT2D eigenvalue weighted by molar-refractivity contribution is 4.93. The lowest BCUT2D eigenvalue weighted by Crippen LogP contribution is -2.29. The molecule has 0 aromatic rings. The van der Waals surface area contributed by atoms with Gasteiger partial charge < -0.3 is 10.2 Å². The van der Waals surface area contributed by atoms with E-state index in [2.05, 4.69) is 62.5 Å². The maximum Gasteiger partial charge on any atom is 0.0509 e. The molecular weight excluding hydrogens is 500 g/mol. The zero-order valence-electron chi connectivity index (χ0n) is 27.8. The Morgan fingerprint density at radius 2 is 0.659 bits per heavy atom. The average Bonchev–Trinajstić information content (AvgIpc) is 2.99. The fourth-order valence-electron chi connectivity index (χ4n) is 5.47. The molecule has 2 N–H and O–H groups in total. The third-order valence-corrected chi connectivity index (χ3v) is 8.49. The van der Waals surface area contributed by atoms with Crippen LogP contribution in [-0.4, -0.2) is 23.4 Å². The Balaban J connectivity index is 3.67. The van der Waals surface area contributed by atoms with Gasteiger partial charge in [0.05, 0.1) is 13.2 Å². The summed E-state index contributed by atoms with van der Waals surface area (Å²) in [6.07, 6.45) is 50.6. The molecule has 0 aliphatic carbocycles. The van der Waals surface area contributed by atoms with Crippen molar-refractivity contribution in [2.45, 2.75) is 181 Å². The van der Waals surface area contributed by atoms with Crippen molar-refractivity contribution < 1.29 is 10.2 Å². The maximum atomic E-state index is 10.0. The standard InChI is InChI=1S/C39H72O2/c1-3-5-7-9-11-13-15-17-19-21-23-25-27-29-31-33-35-39(37-40,38-41)36-34-32-30-28-26-24-22-20-18-16-14-12-10-8-6-4-2/h11-14,17-20,40-41H,3-10,15-16,21-38H2,1-2H3. The second-order valence-electron chi connectivity index (χ2n) is 12.5. The molecule has 2 heteroatoms. The predicted molar refractivity (Wildman–Crippen MR) is 185 cm³/mol. The van der Waals surface area contributed by atoms with Gasteiger partial charge in [-0.05, 0) is 77.0 Å². The van der Waals surface area contributed by atoms with Gasteiger partial charge in [-0.25, -0.2) is 0 Å². The van der Waals surface area contributed by atoms with Crippen LogP contribution in [0.5, 0.6) is 0 Å². The topological polar surface area (TPSA) is 40.5 Å². The molecule has 0 rings (SSSR count).